The fourth-order valence-electron chi connectivity index (χ4n) is 2.64. The molecule has 0 bridgehead atoms. The summed E-state index contributed by atoms with van der Waals surface area (Å²) in [7, 11) is 0. The lowest BCUT2D eigenvalue weighted by Gasteiger charge is -2.14. The summed E-state index contributed by atoms with van der Waals surface area (Å²) < 4.78 is 1.60. The summed E-state index contributed by atoms with van der Waals surface area (Å²) in [6.07, 6.45) is 2.69. The van der Waals surface area contributed by atoms with Gasteiger partial charge < -0.3 is 0 Å². The molecule has 0 saturated carbocycles. The van der Waals surface area contributed by atoms with Gasteiger partial charge in [0.15, 0.2) is 0 Å². The molecule has 2 aromatic heterocycles. The van der Waals surface area contributed by atoms with Crippen molar-refractivity contribution in [2.24, 2.45) is 0 Å². The largest absolute Gasteiger partial charge is 0.290 e. The van der Waals surface area contributed by atoms with Crippen LogP contribution < -0.4 is 5.56 Å². The molecular formula is C15H13N3OS. The van der Waals surface area contributed by atoms with Crippen LogP contribution in [0.25, 0.3) is 16.6 Å². The van der Waals surface area contributed by atoms with Crippen LogP contribution in [0, 0.1) is 0 Å². The maximum absolute atomic E-state index is 12.5. The van der Waals surface area contributed by atoms with Gasteiger partial charge >= 0.3 is 0 Å². The van der Waals surface area contributed by atoms with Crippen LogP contribution in [0.1, 0.15) is 11.3 Å². The van der Waals surface area contributed by atoms with Crippen LogP contribution in [0.5, 0.6) is 0 Å². The Bertz CT molecular complexity index is 835. The van der Waals surface area contributed by atoms with Crippen molar-refractivity contribution in [3.63, 3.8) is 0 Å². The van der Waals surface area contributed by atoms with E-state index in [1.165, 1.54) is 5.56 Å². The quantitative estimate of drug-likeness (QED) is 0.746. The molecule has 0 unspecified atom stereocenters. The third kappa shape index (κ3) is 1.70. The van der Waals surface area contributed by atoms with Crippen LogP contribution in [-0.4, -0.2) is 20.5 Å². The molecule has 0 atom stereocenters. The number of thioether (sulfide) groups is 1. The van der Waals surface area contributed by atoms with E-state index in [9.17, 15) is 4.79 Å². The molecule has 0 spiro atoms. The van der Waals surface area contributed by atoms with E-state index >= 15 is 0 Å². The molecule has 0 amide bonds. The van der Waals surface area contributed by atoms with Crippen molar-refractivity contribution in [1.29, 1.82) is 0 Å². The van der Waals surface area contributed by atoms with E-state index in [-0.39, 0.29) is 5.56 Å². The number of aromatic amines is 1. The summed E-state index contributed by atoms with van der Waals surface area (Å²) >= 11 is 1.89. The molecule has 1 aliphatic rings. The van der Waals surface area contributed by atoms with E-state index in [4.69, 9.17) is 0 Å². The number of nitrogens with zero attached hydrogens (tertiary/aromatic N) is 2. The number of fused-ring (bicyclic) bond motifs is 3. The Kier molecular flexibility index (Phi) is 2.67. The summed E-state index contributed by atoms with van der Waals surface area (Å²) in [5.74, 6) is 2.03. The Labute approximate surface area is 119 Å². The molecule has 4 rings (SSSR count). The average molecular weight is 283 g/mol. The van der Waals surface area contributed by atoms with E-state index in [2.05, 4.69) is 10.1 Å². The van der Waals surface area contributed by atoms with Crippen molar-refractivity contribution in [2.75, 3.05) is 5.75 Å². The summed E-state index contributed by atoms with van der Waals surface area (Å²) in [4.78, 5) is 17.0. The summed E-state index contributed by atoms with van der Waals surface area (Å²) in [6.45, 7) is 0. The van der Waals surface area contributed by atoms with Crippen LogP contribution in [0.2, 0.25) is 0 Å². The van der Waals surface area contributed by atoms with Crippen molar-refractivity contribution < 1.29 is 0 Å². The van der Waals surface area contributed by atoms with Gasteiger partial charge in [-0.25, -0.2) is 4.68 Å². The lowest BCUT2D eigenvalue weighted by atomic mass is 10.1. The molecule has 1 N–H and O–H groups in total. The number of hydrogen-bond donors (Lipinski definition) is 1. The number of pyridine rings is 1. The maximum Gasteiger partial charge on any atom is 0.280 e. The van der Waals surface area contributed by atoms with E-state index in [1.807, 2.05) is 42.1 Å². The van der Waals surface area contributed by atoms with Gasteiger partial charge in [-0.2, -0.15) is 11.8 Å². The summed E-state index contributed by atoms with van der Waals surface area (Å²) in [5.41, 5.74) is 4.07. The molecule has 5 heteroatoms. The molecular weight excluding hydrogens is 270 g/mol. The Morgan fingerprint density at radius 1 is 1.25 bits per heavy atom. The van der Waals surface area contributed by atoms with Crippen LogP contribution in [0.15, 0.2) is 41.3 Å². The first kappa shape index (κ1) is 11.8. The molecule has 0 saturated heterocycles. The molecule has 0 aliphatic carbocycles. The van der Waals surface area contributed by atoms with Gasteiger partial charge in [0.2, 0.25) is 0 Å². The summed E-state index contributed by atoms with van der Waals surface area (Å²) in [6, 6.07) is 9.64. The van der Waals surface area contributed by atoms with Crippen molar-refractivity contribution in [3.8, 4) is 5.69 Å². The Morgan fingerprint density at radius 2 is 2.10 bits per heavy atom. The molecule has 0 radical (unpaired) electrons. The second-order valence-electron chi connectivity index (χ2n) is 4.86. The maximum atomic E-state index is 12.5. The van der Waals surface area contributed by atoms with E-state index in [1.54, 1.807) is 10.9 Å². The average Bonchev–Trinajstić information content (AvgIpc) is 2.86. The zero-order valence-electron chi connectivity index (χ0n) is 10.8. The molecule has 1 aliphatic heterocycles. The van der Waals surface area contributed by atoms with Gasteiger partial charge in [-0.15, -0.1) is 0 Å². The van der Waals surface area contributed by atoms with Crippen LogP contribution >= 0.6 is 11.8 Å². The highest BCUT2D eigenvalue weighted by Crippen LogP contribution is 2.27. The van der Waals surface area contributed by atoms with Crippen molar-refractivity contribution in [1.82, 2.24) is 14.8 Å². The first-order valence-corrected chi connectivity index (χ1v) is 7.75. The number of aryl methyl sites for hydroxylation is 1. The second kappa shape index (κ2) is 4.52. The number of benzene rings is 1. The highest BCUT2D eigenvalue weighted by Gasteiger charge is 2.18. The predicted molar refractivity (Wildman–Crippen MR) is 81.6 cm³/mol. The lowest BCUT2D eigenvalue weighted by molar-refractivity contribution is 0.861. The van der Waals surface area contributed by atoms with Crippen molar-refractivity contribution >= 4 is 22.7 Å². The smallest absolute Gasteiger partial charge is 0.280 e. The SMILES string of the molecule is O=c1c2cnc3c(c2[nH]n1-c1ccccc1)CSCC3. The van der Waals surface area contributed by atoms with Crippen molar-refractivity contribution in [3.05, 3.63) is 58.1 Å². The first-order chi connectivity index (χ1) is 9.84. The van der Waals surface area contributed by atoms with Gasteiger partial charge in [-0.05, 0) is 24.3 Å². The van der Waals surface area contributed by atoms with Gasteiger partial charge in [0.25, 0.3) is 5.56 Å². The Morgan fingerprint density at radius 3 is 2.95 bits per heavy atom. The number of nitrogens with one attached hydrogen (secondary N) is 1. The third-order valence-corrected chi connectivity index (χ3v) is 4.66. The minimum Gasteiger partial charge on any atom is -0.290 e. The normalized spacial score (nSPS) is 14.4. The second-order valence-corrected chi connectivity index (χ2v) is 5.97. The molecule has 3 heterocycles. The van der Waals surface area contributed by atoms with E-state index < -0.39 is 0 Å². The van der Waals surface area contributed by atoms with Crippen LogP contribution in [0.3, 0.4) is 0 Å². The molecule has 100 valence electrons. The Balaban J connectivity index is 2.01. The number of rotatable bonds is 1. The fourth-order valence-corrected chi connectivity index (χ4v) is 3.63. The van der Waals surface area contributed by atoms with Gasteiger partial charge in [0.05, 0.1) is 16.6 Å². The van der Waals surface area contributed by atoms with Gasteiger partial charge in [0.1, 0.15) is 0 Å². The highest BCUT2D eigenvalue weighted by atomic mass is 32.2. The number of aromatic nitrogens is 3. The van der Waals surface area contributed by atoms with E-state index in [0.29, 0.717) is 5.39 Å². The summed E-state index contributed by atoms with van der Waals surface area (Å²) in [5, 5.41) is 3.94. The minimum atomic E-state index is -0.0305. The zero-order valence-corrected chi connectivity index (χ0v) is 11.6. The Hall–Kier alpha value is -2.01. The molecule has 3 aromatic rings. The molecule has 1 aromatic carbocycles. The molecule has 0 fully saturated rings. The lowest BCUT2D eigenvalue weighted by Crippen LogP contribution is -2.14. The highest BCUT2D eigenvalue weighted by molar-refractivity contribution is 7.98. The third-order valence-electron chi connectivity index (χ3n) is 3.67. The van der Waals surface area contributed by atoms with Gasteiger partial charge in [0, 0.05) is 23.2 Å². The molecule has 4 nitrogen and oxygen atoms in total. The fraction of sp³-hybridized carbons (Fsp3) is 0.200. The van der Waals surface area contributed by atoms with Crippen LogP contribution in [0.4, 0.5) is 0 Å². The molecule has 20 heavy (non-hydrogen) atoms. The van der Waals surface area contributed by atoms with Crippen molar-refractivity contribution in [2.45, 2.75) is 12.2 Å². The minimum absolute atomic E-state index is 0.0305. The predicted octanol–water partition coefficient (Wildman–Crippen LogP) is 2.50. The first-order valence-electron chi connectivity index (χ1n) is 6.59. The number of H-pyrrole nitrogens is 1. The zero-order chi connectivity index (χ0) is 13.5. The van der Waals surface area contributed by atoms with Crippen LogP contribution in [-0.2, 0) is 12.2 Å². The standard InChI is InChI=1S/C15H13N3OS/c19-15-11-8-16-13-6-7-20-9-12(13)14(11)17-18(15)10-4-2-1-3-5-10/h1-5,8,17H,6-7,9H2. The van der Waals surface area contributed by atoms with Gasteiger partial charge in [-0.1, -0.05) is 18.2 Å². The number of hydrogen-bond acceptors (Lipinski definition) is 3. The number of para-hydroxylation sites is 1. The van der Waals surface area contributed by atoms with E-state index in [0.717, 1.165) is 34.8 Å². The monoisotopic (exact) mass is 283 g/mol. The van der Waals surface area contributed by atoms with Gasteiger partial charge in [-0.3, -0.25) is 14.9 Å². The topological polar surface area (TPSA) is 50.7 Å².